The molecule has 0 spiro atoms. The number of nitrogens with one attached hydrogen (secondary N) is 1. The quantitative estimate of drug-likeness (QED) is 0.589. The van der Waals surface area contributed by atoms with E-state index in [0.717, 1.165) is 25.1 Å². The molecule has 2 atom stereocenters. The Kier molecular flexibility index (Phi) is 4.59. The summed E-state index contributed by atoms with van der Waals surface area (Å²) in [6, 6.07) is 25.3. The lowest BCUT2D eigenvalue weighted by Gasteiger charge is -2.30. The number of benzene rings is 3. The van der Waals surface area contributed by atoms with Gasteiger partial charge in [-0.1, -0.05) is 66.7 Å². The largest absolute Gasteiger partial charge is 0.316 e. The minimum atomic E-state index is 0.0716. The smallest absolute Gasteiger partial charge is 0.204 e. The molecule has 5 rings (SSSR count). The number of hydrogen-bond donors (Lipinski definition) is 1. The summed E-state index contributed by atoms with van der Waals surface area (Å²) >= 11 is 0. The first-order valence-electron chi connectivity index (χ1n) is 9.93. The molecule has 0 aliphatic carbocycles. The van der Waals surface area contributed by atoms with Crippen LogP contribution < -0.4 is 5.32 Å². The lowest BCUT2D eigenvalue weighted by molar-refractivity contribution is 0.261. The number of nitrogens with zero attached hydrogens (tertiary/aromatic N) is 4. The van der Waals surface area contributed by atoms with Crippen LogP contribution in [0.5, 0.6) is 0 Å². The van der Waals surface area contributed by atoms with Gasteiger partial charge in [-0.3, -0.25) is 0 Å². The molecule has 28 heavy (non-hydrogen) atoms. The molecule has 4 aromatic rings. The summed E-state index contributed by atoms with van der Waals surface area (Å²) in [6.07, 6.45) is 2.34. The summed E-state index contributed by atoms with van der Waals surface area (Å²) in [6.45, 7) is 2.06. The van der Waals surface area contributed by atoms with Crippen molar-refractivity contribution >= 4 is 10.8 Å². The van der Waals surface area contributed by atoms with Crippen molar-refractivity contribution in [2.75, 3.05) is 13.1 Å². The van der Waals surface area contributed by atoms with E-state index >= 15 is 0 Å². The van der Waals surface area contributed by atoms with Gasteiger partial charge in [-0.15, -0.1) is 10.2 Å². The Labute approximate surface area is 164 Å². The summed E-state index contributed by atoms with van der Waals surface area (Å²) in [4.78, 5) is 1.82. The molecule has 2 heterocycles. The third-order valence-corrected chi connectivity index (χ3v) is 5.61. The Balaban J connectivity index is 1.57. The number of fused-ring (bicyclic) bond motifs is 1. The molecule has 0 amide bonds. The molecular formula is C23H23N5. The van der Waals surface area contributed by atoms with Crippen LogP contribution in [0.3, 0.4) is 0 Å². The number of hydrogen-bond acceptors (Lipinski definition) is 4. The van der Waals surface area contributed by atoms with Crippen molar-refractivity contribution in [3.05, 3.63) is 78.4 Å². The first-order valence-corrected chi connectivity index (χ1v) is 9.93. The minimum absolute atomic E-state index is 0.0716. The maximum atomic E-state index is 4.78. The monoisotopic (exact) mass is 369 g/mol. The van der Waals surface area contributed by atoms with Gasteiger partial charge < -0.3 is 5.32 Å². The van der Waals surface area contributed by atoms with E-state index in [9.17, 15) is 0 Å². The van der Waals surface area contributed by atoms with E-state index in [4.69, 9.17) is 5.10 Å². The SMILES string of the molecule is c1ccc(-c2nnn([C@H](c3ccc4ccccc4c3)[C@@H]3CCCNC3)n2)cc1. The van der Waals surface area contributed by atoms with Crippen molar-refractivity contribution < 1.29 is 0 Å². The molecule has 0 unspecified atom stereocenters. The van der Waals surface area contributed by atoms with Crippen LogP contribution in [0, 0.1) is 5.92 Å². The lowest BCUT2D eigenvalue weighted by atomic mass is 9.87. The summed E-state index contributed by atoms with van der Waals surface area (Å²) in [7, 11) is 0. The third kappa shape index (κ3) is 3.29. The highest BCUT2D eigenvalue weighted by molar-refractivity contribution is 5.83. The van der Waals surface area contributed by atoms with E-state index < -0.39 is 0 Å². The Morgan fingerprint density at radius 1 is 0.929 bits per heavy atom. The van der Waals surface area contributed by atoms with Gasteiger partial charge in [0, 0.05) is 12.1 Å². The van der Waals surface area contributed by atoms with Gasteiger partial charge >= 0.3 is 0 Å². The fraction of sp³-hybridized carbons (Fsp3) is 0.261. The molecule has 1 aliphatic rings. The van der Waals surface area contributed by atoms with Crippen LogP contribution >= 0.6 is 0 Å². The molecule has 3 aromatic carbocycles. The first kappa shape index (κ1) is 17.1. The maximum absolute atomic E-state index is 4.78. The second kappa shape index (κ2) is 7.52. The number of aromatic nitrogens is 4. The average Bonchev–Trinajstić information content (AvgIpc) is 3.25. The summed E-state index contributed by atoms with van der Waals surface area (Å²) in [5, 5.41) is 19.6. The fourth-order valence-corrected chi connectivity index (χ4v) is 4.18. The molecule has 0 bridgehead atoms. The molecule has 1 saturated heterocycles. The molecule has 140 valence electrons. The highest BCUT2D eigenvalue weighted by atomic mass is 15.6. The second-order valence-electron chi connectivity index (χ2n) is 7.46. The molecule has 5 nitrogen and oxygen atoms in total. The highest BCUT2D eigenvalue weighted by Crippen LogP contribution is 2.32. The Hall–Kier alpha value is -3.05. The predicted octanol–water partition coefficient (Wildman–Crippen LogP) is 4.08. The van der Waals surface area contributed by atoms with Gasteiger partial charge in [-0.2, -0.15) is 4.80 Å². The van der Waals surface area contributed by atoms with Crippen molar-refractivity contribution in [1.29, 1.82) is 0 Å². The van der Waals surface area contributed by atoms with Gasteiger partial charge in [0.15, 0.2) is 0 Å². The standard InChI is InChI=1S/C23H23N5/c1-2-8-18(9-3-1)23-25-27-28(26-23)22(21-11-6-14-24-16-21)20-13-12-17-7-4-5-10-19(17)15-20/h1-5,7-10,12-13,15,21-22,24H,6,11,14,16H2/t21-,22-/m1/s1. The summed E-state index contributed by atoms with van der Waals surface area (Å²) in [5.74, 6) is 1.11. The molecule has 1 N–H and O–H groups in total. The van der Waals surface area contributed by atoms with Crippen molar-refractivity contribution in [3.63, 3.8) is 0 Å². The van der Waals surface area contributed by atoms with Gasteiger partial charge in [0.25, 0.3) is 0 Å². The Bertz CT molecular complexity index is 1070. The van der Waals surface area contributed by atoms with Crippen LogP contribution in [0.15, 0.2) is 72.8 Å². The molecule has 1 fully saturated rings. The molecule has 0 radical (unpaired) electrons. The zero-order valence-electron chi connectivity index (χ0n) is 15.7. The number of tetrazole rings is 1. The van der Waals surface area contributed by atoms with Gasteiger partial charge in [0.2, 0.25) is 5.82 Å². The third-order valence-electron chi connectivity index (χ3n) is 5.61. The Morgan fingerprint density at radius 3 is 2.57 bits per heavy atom. The van der Waals surface area contributed by atoms with Gasteiger partial charge in [-0.05, 0) is 52.9 Å². The normalized spacial score (nSPS) is 18.2. The van der Waals surface area contributed by atoms with E-state index in [-0.39, 0.29) is 6.04 Å². The van der Waals surface area contributed by atoms with Crippen LogP contribution in [-0.4, -0.2) is 33.3 Å². The van der Waals surface area contributed by atoms with Crippen LogP contribution in [0.4, 0.5) is 0 Å². The van der Waals surface area contributed by atoms with Crippen molar-refractivity contribution in [2.45, 2.75) is 18.9 Å². The number of rotatable bonds is 4. The van der Waals surface area contributed by atoms with Crippen LogP contribution in [-0.2, 0) is 0 Å². The molecule has 1 aromatic heterocycles. The van der Waals surface area contributed by atoms with Crippen molar-refractivity contribution in [3.8, 4) is 11.4 Å². The van der Waals surface area contributed by atoms with Crippen LogP contribution in [0.25, 0.3) is 22.2 Å². The van der Waals surface area contributed by atoms with E-state index in [1.165, 1.54) is 22.8 Å². The molecule has 1 aliphatic heterocycles. The van der Waals surface area contributed by atoms with Crippen molar-refractivity contribution in [2.24, 2.45) is 5.92 Å². The summed E-state index contributed by atoms with van der Waals surface area (Å²) in [5.41, 5.74) is 2.23. The van der Waals surface area contributed by atoms with Gasteiger partial charge in [0.1, 0.15) is 6.04 Å². The van der Waals surface area contributed by atoms with Crippen LogP contribution in [0.1, 0.15) is 24.4 Å². The van der Waals surface area contributed by atoms with E-state index in [2.05, 4.69) is 58.1 Å². The number of piperidine rings is 1. The lowest BCUT2D eigenvalue weighted by Crippen LogP contribution is -2.36. The molecule has 5 heteroatoms. The topological polar surface area (TPSA) is 55.6 Å². The Morgan fingerprint density at radius 2 is 1.75 bits per heavy atom. The fourth-order valence-electron chi connectivity index (χ4n) is 4.18. The zero-order chi connectivity index (χ0) is 18.8. The first-order chi connectivity index (χ1) is 13.9. The van der Waals surface area contributed by atoms with Crippen LogP contribution in [0.2, 0.25) is 0 Å². The predicted molar refractivity (Wildman–Crippen MR) is 111 cm³/mol. The molecular weight excluding hydrogens is 346 g/mol. The second-order valence-corrected chi connectivity index (χ2v) is 7.46. The van der Waals surface area contributed by atoms with Crippen molar-refractivity contribution in [1.82, 2.24) is 25.5 Å². The zero-order valence-corrected chi connectivity index (χ0v) is 15.7. The summed E-state index contributed by atoms with van der Waals surface area (Å²) < 4.78 is 0. The van der Waals surface area contributed by atoms with Gasteiger partial charge in [0.05, 0.1) is 0 Å². The van der Waals surface area contributed by atoms with Gasteiger partial charge in [-0.25, -0.2) is 0 Å². The van der Waals surface area contributed by atoms with E-state index in [1.807, 2.05) is 35.1 Å². The minimum Gasteiger partial charge on any atom is -0.316 e. The van der Waals surface area contributed by atoms with E-state index in [0.29, 0.717) is 11.7 Å². The molecule has 0 saturated carbocycles. The average molecular weight is 369 g/mol. The maximum Gasteiger partial charge on any atom is 0.204 e. The highest BCUT2D eigenvalue weighted by Gasteiger charge is 2.29. The van der Waals surface area contributed by atoms with E-state index in [1.54, 1.807) is 0 Å².